The maximum Gasteiger partial charge on any atom is 0.191 e. The number of halogens is 2. The number of ether oxygens (including phenoxy) is 1. The minimum Gasteiger partial charge on any atom is -0.485 e. The van der Waals surface area contributed by atoms with Gasteiger partial charge in [0.1, 0.15) is 6.10 Å². The highest BCUT2D eigenvalue weighted by molar-refractivity contribution is 14.0. The van der Waals surface area contributed by atoms with E-state index in [2.05, 4.69) is 15.6 Å². The van der Waals surface area contributed by atoms with E-state index < -0.39 is 0 Å². The Morgan fingerprint density at radius 3 is 2.33 bits per heavy atom. The molecule has 1 unspecified atom stereocenters. The van der Waals surface area contributed by atoms with Crippen molar-refractivity contribution in [1.82, 2.24) is 10.6 Å². The summed E-state index contributed by atoms with van der Waals surface area (Å²) in [5.74, 6) is 0.696. The van der Waals surface area contributed by atoms with Crippen LogP contribution < -0.4 is 15.4 Å². The fraction of sp³-hybridized carbons (Fsp3) is 0.533. The SMILES string of the molecule is CCNC(=NCC(CC)Oc1ccccc1F)NCC.I. The highest BCUT2D eigenvalue weighted by Crippen LogP contribution is 2.18. The Bertz CT molecular complexity index is 421. The molecule has 0 fully saturated rings. The molecule has 1 atom stereocenters. The van der Waals surface area contributed by atoms with E-state index in [-0.39, 0.29) is 41.6 Å². The number of guanidine groups is 1. The third kappa shape index (κ3) is 7.50. The number of nitrogens with zero attached hydrogens (tertiary/aromatic N) is 1. The third-order valence-electron chi connectivity index (χ3n) is 2.73. The van der Waals surface area contributed by atoms with E-state index in [1.807, 2.05) is 20.8 Å². The summed E-state index contributed by atoms with van der Waals surface area (Å²) >= 11 is 0. The van der Waals surface area contributed by atoms with Gasteiger partial charge in [-0.05, 0) is 32.4 Å². The van der Waals surface area contributed by atoms with Gasteiger partial charge in [-0.1, -0.05) is 19.1 Å². The van der Waals surface area contributed by atoms with Crippen molar-refractivity contribution in [3.8, 4) is 5.75 Å². The van der Waals surface area contributed by atoms with E-state index in [1.54, 1.807) is 18.2 Å². The smallest absolute Gasteiger partial charge is 0.191 e. The van der Waals surface area contributed by atoms with Gasteiger partial charge in [0.05, 0.1) is 6.54 Å². The molecule has 6 heteroatoms. The average Bonchev–Trinajstić information content (AvgIpc) is 2.45. The Balaban J connectivity index is 0.00000400. The second-order valence-corrected chi connectivity index (χ2v) is 4.33. The van der Waals surface area contributed by atoms with Gasteiger partial charge in [-0.25, -0.2) is 9.38 Å². The molecule has 0 saturated heterocycles. The van der Waals surface area contributed by atoms with Crippen LogP contribution in [0.15, 0.2) is 29.3 Å². The summed E-state index contributed by atoms with van der Waals surface area (Å²) in [6, 6.07) is 6.44. The van der Waals surface area contributed by atoms with Crippen LogP contribution in [0.5, 0.6) is 5.75 Å². The van der Waals surface area contributed by atoms with Crippen molar-refractivity contribution >= 4 is 29.9 Å². The predicted octanol–water partition coefficient (Wildman–Crippen LogP) is 3.18. The number of para-hydroxylation sites is 1. The van der Waals surface area contributed by atoms with Crippen LogP contribution >= 0.6 is 24.0 Å². The lowest BCUT2D eigenvalue weighted by atomic mass is 10.2. The minimum atomic E-state index is -0.339. The number of hydrogen-bond donors (Lipinski definition) is 2. The van der Waals surface area contributed by atoms with Gasteiger partial charge >= 0.3 is 0 Å². The quantitative estimate of drug-likeness (QED) is 0.413. The maximum absolute atomic E-state index is 13.5. The number of nitrogens with one attached hydrogen (secondary N) is 2. The zero-order valence-electron chi connectivity index (χ0n) is 12.9. The molecule has 0 aliphatic heterocycles. The molecule has 4 nitrogen and oxygen atoms in total. The van der Waals surface area contributed by atoms with E-state index in [4.69, 9.17) is 4.74 Å². The van der Waals surface area contributed by atoms with E-state index >= 15 is 0 Å². The molecule has 0 aliphatic rings. The topological polar surface area (TPSA) is 45.7 Å². The largest absolute Gasteiger partial charge is 0.485 e. The van der Waals surface area contributed by atoms with Gasteiger partial charge in [0.15, 0.2) is 17.5 Å². The van der Waals surface area contributed by atoms with Crippen molar-refractivity contribution in [2.24, 2.45) is 4.99 Å². The standard InChI is InChI=1S/C15H24FN3O.HI/c1-4-12(11-19-15(17-5-2)18-6-3)20-14-10-8-7-9-13(14)16;/h7-10,12H,4-6,11H2,1-3H3,(H2,17,18,19);1H. The molecule has 0 aromatic heterocycles. The molecule has 1 aromatic carbocycles. The summed E-state index contributed by atoms with van der Waals surface area (Å²) in [7, 11) is 0. The molecule has 0 heterocycles. The van der Waals surface area contributed by atoms with Gasteiger partial charge in [0.25, 0.3) is 0 Å². The van der Waals surface area contributed by atoms with Crippen LogP contribution in [0.3, 0.4) is 0 Å². The van der Waals surface area contributed by atoms with Crippen LogP contribution in [-0.2, 0) is 0 Å². The predicted molar refractivity (Wildman–Crippen MR) is 96.2 cm³/mol. The fourth-order valence-corrected chi connectivity index (χ4v) is 1.67. The molecular formula is C15H25FIN3O. The third-order valence-corrected chi connectivity index (χ3v) is 2.73. The van der Waals surface area contributed by atoms with Gasteiger partial charge < -0.3 is 15.4 Å². The zero-order valence-corrected chi connectivity index (χ0v) is 15.2. The Hall–Kier alpha value is -1.05. The van der Waals surface area contributed by atoms with Gasteiger partial charge in [-0.15, -0.1) is 24.0 Å². The number of benzene rings is 1. The van der Waals surface area contributed by atoms with Crippen molar-refractivity contribution in [2.75, 3.05) is 19.6 Å². The minimum absolute atomic E-state index is 0. The summed E-state index contributed by atoms with van der Waals surface area (Å²) in [4.78, 5) is 4.45. The van der Waals surface area contributed by atoms with E-state index in [0.717, 1.165) is 25.5 Å². The maximum atomic E-state index is 13.5. The van der Waals surface area contributed by atoms with Crippen LogP contribution in [0.4, 0.5) is 4.39 Å². The van der Waals surface area contributed by atoms with Gasteiger partial charge in [-0.2, -0.15) is 0 Å². The first-order valence-electron chi connectivity index (χ1n) is 7.14. The number of rotatable bonds is 7. The molecule has 1 aromatic rings. The van der Waals surface area contributed by atoms with Crippen molar-refractivity contribution in [1.29, 1.82) is 0 Å². The van der Waals surface area contributed by atoms with Crippen LogP contribution in [0.1, 0.15) is 27.2 Å². The lowest BCUT2D eigenvalue weighted by molar-refractivity contribution is 0.196. The lowest BCUT2D eigenvalue weighted by Crippen LogP contribution is -2.38. The van der Waals surface area contributed by atoms with Crippen molar-refractivity contribution in [3.05, 3.63) is 30.1 Å². The van der Waals surface area contributed by atoms with E-state index in [0.29, 0.717) is 6.54 Å². The Labute approximate surface area is 143 Å². The summed E-state index contributed by atoms with van der Waals surface area (Å²) in [6.45, 7) is 8.12. The van der Waals surface area contributed by atoms with E-state index in [1.165, 1.54) is 6.07 Å². The molecule has 21 heavy (non-hydrogen) atoms. The molecule has 0 spiro atoms. The fourth-order valence-electron chi connectivity index (χ4n) is 1.67. The van der Waals surface area contributed by atoms with Crippen molar-refractivity contribution in [2.45, 2.75) is 33.3 Å². The summed E-state index contributed by atoms with van der Waals surface area (Å²) < 4.78 is 19.2. The monoisotopic (exact) mass is 409 g/mol. The molecule has 120 valence electrons. The van der Waals surface area contributed by atoms with Crippen molar-refractivity contribution < 1.29 is 9.13 Å². The second kappa shape index (κ2) is 11.6. The first-order chi connectivity index (χ1) is 9.71. The van der Waals surface area contributed by atoms with Crippen LogP contribution in [0.25, 0.3) is 0 Å². The normalized spacial score (nSPS) is 11.0. The molecule has 0 radical (unpaired) electrons. The molecular weight excluding hydrogens is 384 g/mol. The van der Waals surface area contributed by atoms with Crippen LogP contribution in [-0.4, -0.2) is 31.7 Å². The first kappa shape index (κ1) is 19.9. The van der Waals surface area contributed by atoms with Gasteiger partial charge in [0, 0.05) is 13.1 Å². The lowest BCUT2D eigenvalue weighted by Gasteiger charge is -2.17. The molecule has 2 N–H and O–H groups in total. The van der Waals surface area contributed by atoms with E-state index in [9.17, 15) is 4.39 Å². The number of hydrogen-bond acceptors (Lipinski definition) is 2. The molecule has 1 rings (SSSR count). The van der Waals surface area contributed by atoms with Crippen LogP contribution in [0, 0.1) is 5.82 Å². The highest BCUT2D eigenvalue weighted by atomic mass is 127. The number of aliphatic imine (C=N–C) groups is 1. The Morgan fingerprint density at radius 2 is 1.81 bits per heavy atom. The Morgan fingerprint density at radius 1 is 1.19 bits per heavy atom. The highest BCUT2D eigenvalue weighted by Gasteiger charge is 2.11. The first-order valence-corrected chi connectivity index (χ1v) is 7.14. The Kier molecular flexibility index (Phi) is 11.0. The van der Waals surface area contributed by atoms with Crippen molar-refractivity contribution in [3.63, 3.8) is 0 Å². The zero-order chi connectivity index (χ0) is 14.8. The molecule has 0 aliphatic carbocycles. The second-order valence-electron chi connectivity index (χ2n) is 4.33. The van der Waals surface area contributed by atoms with Gasteiger partial charge in [0.2, 0.25) is 0 Å². The summed E-state index contributed by atoms with van der Waals surface area (Å²) in [5.41, 5.74) is 0. The molecule has 0 amide bonds. The van der Waals surface area contributed by atoms with Crippen LogP contribution in [0.2, 0.25) is 0 Å². The summed E-state index contributed by atoms with van der Waals surface area (Å²) in [6.07, 6.45) is 0.628. The molecule has 0 saturated carbocycles. The molecule has 0 bridgehead atoms. The average molecular weight is 409 g/mol. The summed E-state index contributed by atoms with van der Waals surface area (Å²) in [5, 5.41) is 6.29. The van der Waals surface area contributed by atoms with Gasteiger partial charge in [-0.3, -0.25) is 0 Å².